The first kappa shape index (κ1) is 18.0. The number of anilines is 2. The van der Waals surface area contributed by atoms with Gasteiger partial charge in [-0.1, -0.05) is 43.3 Å². The van der Waals surface area contributed by atoms with Gasteiger partial charge in [-0.15, -0.1) is 0 Å². The van der Waals surface area contributed by atoms with E-state index in [0.29, 0.717) is 12.1 Å². The summed E-state index contributed by atoms with van der Waals surface area (Å²) in [6.45, 7) is 5.09. The minimum Gasteiger partial charge on any atom is -0.399 e. The Morgan fingerprint density at radius 2 is 1.88 bits per heavy atom. The Morgan fingerprint density at radius 3 is 2.58 bits per heavy atom. The van der Waals surface area contributed by atoms with Crippen molar-refractivity contribution in [3.8, 4) is 0 Å². The molecule has 0 spiro atoms. The maximum atomic E-state index is 12.1. The first-order valence-corrected chi connectivity index (χ1v) is 8.59. The van der Waals surface area contributed by atoms with Crippen molar-refractivity contribution < 1.29 is 4.79 Å². The third-order valence-corrected chi connectivity index (χ3v) is 3.84. The van der Waals surface area contributed by atoms with E-state index < -0.39 is 0 Å². The molecular weight excluding hydrogens is 298 g/mol. The van der Waals surface area contributed by atoms with Crippen molar-refractivity contribution in [1.29, 1.82) is 0 Å². The molecule has 3 N–H and O–H groups in total. The lowest BCUT2D eigenvalue weighted by molar-refractivity contribution is -0.116. The Labute approximate surface area is 144 Å². The van der Waals surface area contributed by atoms with E-state index >= 15 is 0 Å². The van der Waals surface area contributed by atoms with Crippen LogP contribution in [0.2, 0.25) is 0 Å². The summed E-state index contributed by atoms with van der Waals surface area (Å²) in [5.41, 5.74) is 8.45. The van der Waals surface area contributed by atoms with Gasteiger partial charge in [0, 0.05) is 24.3 Å². The highest BCUT2D eigenvalue weighted by Crippen LogP contribution is 2.12. The second-order valence-electron chi connectivity index (χ2n) is 6.04. The van der Waals surface area contributed by atoms with E-state index in [2.05, 4.69) is 41.4 Å². The number of carbonyl (C=O) groups is 1. The molecule has 24 heavy (non-hydrogen) atoms. The van der Waals surface area contributed by atoms with Gasteiger partial charge in [0.1, 0.15) is 0 Å². The minimum absolute atomic E-state index is 0.0387. The number of nitrogens with one attached hydrogen (secondary N) is 1. The van der Waals surface area contributed by atoms with Gasteiger partial charge in [0.05, 0.1) is 0 Å². The Hall–Kier alpha value is -2.33. The van der Waals surface area contributed by atoms with Crippen molar-refractivity contribution in [3.63, 3.8) is 0 Å². The van der Waals surface area contributed by atoms with Crippen molar-refractivity contribution in [1.82, 2.24) is 4.90 Å². The Balaban J connectivity index is 1.76. The van der Waals surface area contributed by atoms with Gasteiger partial charge in [-0.25, -0.2) is 0 Å². The summed E-state index contributed by atoms with van der Waals surface area (Å²) < 4.78 is 0. The van der Waals surface area contributed by atoms with Crippen LogP contribution >= 0.6 is 0 Å². The molecule has 0 aliphatic carbocycles. The fraction of sp³-hybridized carbons (Fsp3) is 0.350. The fourth-order valence-electron chi connectivity index (χ4n) is 2.73. The van der Waals surface area contributed by atoms with Crippen LogP contribution in [0.15, 0.2) is 54.6 Å². The predicted octanol–water partition coefficient (Wildman–Crippen LogP) is 3.90. The number of nitrogens with two attached hydrogens (primary N) is 1. The van der Waals surface area contributed by atoms with Crippen molar-refractivity contribution in [2.24, 2.45) is 0 Å². The number of carbonyl (C=O) groups excluding carboxylic acids is 1. The smallest absolute Gasteiger partial charge is 0.224 e. The van der Waals surface area contributed by atoms with Crippen LogP contribution in [-0.2, 0) is 11.3 Å². The second kappa shape index (κ2) is 9.73. The third kappa shape index (κ3) is 6.42. The number of benzene rings is 2. The number of nitrogen functional groups attached to an aromatic ring is 1. The average Bonchev–Trinajstić information content (AvgIpc) is 2.56. The van der Waals surface area contributed by atoms with Crippen LogP contribution in [0, 0.1) is 0 Å². The van der Waals surface area contributed by atoms with E-state index in [1.807, 2.05) is 24.3 Å². The summed E-state index contributed by atoms with van der Waals surface area (Å²) in [6.07, 6.45) is 2.48. The number of amides is 1. The van der Waals surface area contributed by atoms with Gasteiger partial charge in [-0.2, -0.15) is 0 Å². The molecular formula is C20H27N3O. The molecule has 2 aromatic carbocycles. The van der Waals surface area contributed by atoms with Crippen molar-refractivity contribution in [3.05, 3.63) is 60.2 Å². The van der Waals surface area contributed by atoms with Crippen molar-refractivity contribution in [2.45, 2.75) is 32.7 Å². The first-order chi connectivity index (χ1) is 11.7. The molecule has 4 heteroatoms. The fourth-order valence-corrected chi connectivity index (χ4v) is 2.73. The Kier molecular flexibility index (Phi) is 7.30. The molecule has 0 aliphatic heterocycles. The average molecular weight is 325 g/mol. The summed E-state index contributed by atoms with van der Waals surface area (Å²) in [6, 6.07) is 17.7. The van der Waals surface area contributed by atoms with Crippen molar-refractivity contribution >= 4 is 17.3 Å². The Bertz CT molecular complexity index is 628. The lowest BCUT2D eigenvalue weighted by atomic mass is 10.2. The van der Waals surface area contributed by atoms with Crippen molar-refractivity contribution in [2.75, 3.05) is 24.1 Å². The van der Waals surface area contributed by atoms with Gasteiger partial charge in [0.2, 0.25) is 5.91 Å². The van der Waals surface area contributed by atoms with Gasteiger partial charge in [0.15, 0.2) is 0 Å². The lowest BCUT2D eigenvalue weighted by Gasteiger charge is -2.21. The normalized spacial score (nSPS) is 10.8. The summed E-state index contributed by atoms with van der Waals surface area (Å²) in [4.78, 5) is 14.5. The van der Waals surface area contributed by atoms with Gasteiger partial charge < -0.3 is 11.1 Å². The summed E-state index contributed by atoms with van der Waals surface area (Å²) in [5, 5.41) is 2.90. The quantitative estimate of drug-likeness (QED) is 0.687. The van der Waals surface area contributed by atoms with E-state index in [0.717, 1.165) is 38.2 Å². The summed E-state index contributed by atoms with van der Waals surface area (Å²) in [7, 11) is 0. The van der Waals surface area contributed by atoms with Gasteiger partial charge >= 0.3 is 0 Å². The molecule has 0 atom stereocenters. The number of hydrogen-bond donors (Lipinski definition) is 2. The topological polar surface area (TPSA) is 58.4 Å². The molecule has 0 heterocycles. The molecule has 4 nitrogen and oxygen atoms in total. The second-order valence-corrected chi connectivity index (χ2v) is 6.04. The molecule has 2 rings (SSSR count). The molecule has 0 aromatic heterocycles. The zero-order valence-electron chi connectivity index (χ0n) is 14.4. The van der Waals surface area contributed by atoms with Crippen LogP contribution in [-0.4, -0.2) is 23.9 Å². The zero-order chi connectivity index (χ0) is 17.2. The first-order valence-electron chi connectivity index (χ1n) is 8.59. The van der Waals surface area contributed by atoms with Gasteiger partial charge in [0.25, 0.3) is 0 Å². The summed E-state index contributed by atoms with van der Waals surface area (Å²) >= 11 is 0. The van der Waals surface area contributed by atoms with Crippen LogP contribution in [0.3, 0.4) is 0 Å². The number of hydrogen-bond acceptors (Lipinski definition) is 3. The molecule has 0 saturated heterocycles. The molecule has 0 saturated carbocycles. The van der Waals surface area contributed by atoms with E-state index in [1.54, 1.807) is 6.07 Å². The molecule has 0 aliphatic rings. The number of nitrogens with zero attached hydrogens (tertiary/aromatic N) is 1. The highest BCUT2D eigenvalue weighted by molar-refractivity contribution is 5.91. The van der Waals surface area contributed by atoms with Gasteiger partial charge in [-0.05, 0) is 49.7 Å². The van der Waals surface area contributed by atoms with E-state index in [4.69, 9.17) is 5.73 Å². The lowest BCUT2D eigenvalue weighted by Crippen LogP contribution is -2.26. The molecule has 1 amide bonds. The molecule has 0 radical (unpaired) electrons. The maximum absolute atomic E-state index is 12.1. The predicted molar refractivity (Wildman–Crippen MR) is 101 cm³/mol. The highest BCUT2D eigenvalue weighted by atomic mass is 16.1. The molecule has 2 aromatic rings. The number of rotatable bonds is 9. The van der Waals surface area contributed by atoms with Crippen LogP contribution in [0.1, 0.15) is 31.7 Å². The molecule has 0 fully saturated rings. The SMILES string of the molecule is CCCN(CCCC(=O)Nc1cccc(N)c1)Cc1ccccc1. The van der Waals surface area contributed by atoms with E-state index in [1.165, 1.54) is 5.56 Å². The zero-order valence-corrected chi connectivity index (χ0v) is 14.4. The van der Waals surface area contributed by atoms with Crippen LogP contribution in [0.4, 0.5) is 11.4 Å². The van der Waals surface area contributed by atoms with E-state index in [9.17, 15) is 4.79 Å². The van der Waals surface area contributed by atoms with Gasteiger partial charge in [-0.3, -0.25) is 9.69 Å². The minimum atomic E-state index is 0.0387. The molecule has 0 unspecified atom stereocenters. The van der Waals surface area contributed by atoms with Crippen LogP contribution < -0.4 is 11.1 Å². The van der Waals surface area contributed by atoms with E-state index in [-0.39, 0.29) is 5.91 Å². The maximum Gasteiger partial charge on any atom is 0.224 e. The molecule has 0 bridgehead atoms. The summed E-state index contributed by atoms with van der Waals surface area (Å²) in [5.74, 6) is 0.0387. The molecule has 128 valence electrons. The highest BCUT2D eigenvalue weighted by Gasteiger charge is 2.07. The monoisotopic (exact) mass is 325 g/mol. The largest absolute Gasteiger partial charge is 0.399 e. The third-order valence-electron chi connectivity index (χ3n) is 3.84. The van der Waals surface area contributed by atoms with Crippen LogP contribution in [0.25, 0.3) is 0 Å². The Morgan fingerprint density at radius 1 is 1.08 bits per heavy atom. The standard InChI is InChI=1S/C20H27N3O/c1-2-13-23(16-17-8-4-3-5-9-17)14-7-12-20(24)22-19-11-6-10-18(21)15-19/h3-6,8-11,15H,2,7,12-14,16,21H2,1H3,(H,22,24). The van der Waals surface area contributed by atoms with Crippen LogP contribution in [0.5, 0.6) is 0 Å².